The van der Waals surface area contributed by atoms with Gasteiger partial charge in [0, 0.05) is 22.9 Å². The summed E-state index contributed by atoms with van der Waals surface area (Å²) < 4.78 is 39.8. The molecule has 0 saturated carbocycles. The minimum atomic E-state index is -1.47. The summed E-state index contributed by atoms with van der Waals surface area (Å²) in [5, 5.41) is 3.04. The lowest BCUT2D eigenvalue weighted by molar-refractivity contribution is 0.410. The number of fused-ring (bicyclic) bond motifs is 1. The third-order valence-electron chi connectivity index (χ3n) is 3.11. The van der Waals surface area contributed by atoms with Crippen LogP contribution in [-0.2, 0) is 10.8 Å². The van der Waals surface area contributed by atoms with Crippen molar-refractivity contribution in [3.63, 3.8) is 0 Å². The summed E-state index contributed by atoms with van der Waals surface area (Å²) in [6, 6.07) is 2.04. The predicted octanol–water partition coefficient (Wildman–Crippen LogP) is 2.90. The van der Waals surface area contributed by atoms with Crippen molar-refractivity contribution in [1.82, 2.24) is 5.32 Å². The largest absolute Gasteiger partial charge is 0.308 e. The number of hydrogen-bond donors (Lipinski definition) is 1. The molecule has 0 bridgehead atoms. The van der Waals surface area contributed by atoms with Gasteiger partial charge in [0.25, 0.3) is 0 Å². The van der Waals surface area contributed by atoms with Crippen LogP contribution in [0.2, 0.25) is 0 Å². The van der Waals surface area contributed by atoms with E-state index in [4.69, 9.17) is 0 Å². The van der Waals surface area contributed by atoms with Gasteiger partial charge in [0.15, 0.2) is 0 Å². The second-order valence-corrected chi connectivity index (χ2v) is 6.80. The highest BCUT2D eigenvalue weighted by Gasteiger charge is 2.34. The Morgan fingerprint density at radius 1 is 1.33 bits per heavy atom. The second kappa shape index (κ2) is 5.05. The van der Waals surface area contributed by atoms with Gasteiger partial charge < -0.3 is 5.32 Å². The van der Waals surface area contributed by atoms with Gasteiger partial charge in [-0.1, -0.05) is 20.8 Å². The molecule has 0 spiro atoms. The van der Waals surface area contributed by atoms with Crippen LogP contribution in [0.25, 0.3) is 0 Å². The highest BCUT2D eigenvalue weighted by atomic mass is 32.2. The van der Waals surface area contributed by atoms with E-state index in [-0.39, 0.29) is 27.8 Å². The van der Waals surface area contributed by atoms with Gasteiger partial charge in [-0.3, -0.25) is 4.21 Å². The minimum absolute atomic E-state index is 0.0342. The van der Waals surface area contributed by atoms with Crippen LogP contribution < -0.4 is 5.32 Å². The van der Waals surface area contributed by atoms with Crippen LogP contribution in [0, 0.1) is 11.6 Å². The number of benzene rings is 1. The van der Waals surface area contributed by atoms with Crippen LogP contribution in [0.3, 0.4) is 0 Å². The van der Waals surface area contributed by atoms with Crippen molar-refractivity contribution in [3.8, 4) is 0 Å². The molecule has 1 aliphatic heterocycles. The molecule has 0 aromatic heterocycles. The van der Waals surface area contributed by atoms with Crippen LogP contribution in [0.15, 0.2) is 17.0 Å². The predicted molar refractivity (Wildman–Crippen MR) is 67.9 cm³/mol. The molecule has 2 nitrogen and oxygen atoms in total. The average molecular weight is 273 g/mol. The summed E-state index contributed by atoms with van der Waals surface area (Å²) in [6.07, 6.45) is 0.554. The van der Waals surface area contributed by atoms with Gasteiger partial charge in [0.1, 0.15) is 11.6 Å². The van der Waals surface area contributed by atoms with Crippen LogP contribution in [0.1, 0.15) is 38.8 Å². The summed E-state index contributed by atoms with van der Waals surface area (Å²) >= 11 is 0. The van der Waals surface area contributed by atoms with Crippen molar-refractivity contribution < 1.29 is 13.0 Å². The van der Waals surface area contributed by atoms with Gasteiger partial charge in [0.2, 0.25) is 0 Å². The van der Waals surface area contributed by atoms with Crippen LogP contribution in [0.4, 0.5) is 8.78 Å². The fraction of sp³-hybridized carbons (Fsp3) is 0.538. The quantitative estimate of drug-likeness (QED) is 0.897. The van der Waals surface area contributed by atoms with E-state index in [1.54, 1.807) is 6.92 Å². The molecule has 5 heteroatoms. The standard InChI is InChI=1S/C13H17F2NOS/c1-7(2)16-11-6-8(3)18(17)13-10(15)5-4-9(14)12(11)13/h4-5,7-8,11,16H,6H2,1-3H3. The Kier molecular flexibility index (Phi) is 3.82. The summed E-state index contributed by atoms with van der Waals surface area (Å²) in [5.41, 5.74) is 0.236. The van der Waals surface area contributed by atoms with Gasteiger partial charge in [-0.15, -0.1) is 0 Å². The molecule has 1 heterocycles. The SMILES string of the molecule is CC(C)NC1CC(C)S(=O)c2c(F)ccc(F)c21. The van der Waals surface area contributed by atoms with Gasteiger partial charge in [-0.25, -0.2) is 8.78 Å². The fourth-order valence-electron chi connectivity index (χ4n) is 2.37. The lowest BCUT2D eigenvalue weighted by Crippen LogP contribution is -2.36. The van der Waals surface area contributed by atoms with E-state index < -0.39 is 22.4 Å². The number of hydrogen-bond acceptors (Lipinski definition) is 2. The number of nitrogens with one attached hydrogen (secondary N) is 1. The molecule has 3 unspecified atom stereocenters. The van der Waals surface area contributed by atoms with Crippen molar-refractivity contribution >= 4 is 10.8 Å². The van der Waals surface area contributed by atoms with Crippen molar-refractivity contribution in [2.45, 2.75) is 49.4 Å². The number of rotatable bonds is 2. The molecule has 2 rings (SSSR count). The van der Waals surface area contributed by atoms with E-state index in [1.165, 1.54) is 0 Å². The fourth-order valence-corrected chi connectivity index (χ4v) is 3.86. The zero-order valence-corrected chi connectivity index (χ0v) is 11.5. The smallest absolute Gasteiger partial charge is 0.139 e. The average Bonchev–Trinajstić information content (AvgIpc) is 2.28. The van der Waals surface area contributed by atoms with E-state index in [9.17, 15) is 13.0 Å². The van der Waals surface area contributed by atoms with E-state index in [0.717, 1.165) is 12.1 Å². The normalized spacial score (nSPS) is 27.3. The molecule has 0 saturated heterocycles. The monoisotopic (exact) mass is 273 g/mol. The first-order valence-electron chi connectivity index (χ1n) is 6.06. The molecule has 1 aliphatic rings. The maximum atomic E-state index is 13.9. The van der Waals surface area contributed by atoms with E-state index in [2.05, 4.69) is 5.32 Å². The highest BCUT2D eigenvalue weighted by molar-refractivity contribution is 7.85. The first kappa shape index (κ1) is 13.6. The van der Waals surface area contributed by atoms with E-state index in [0.29, 0.717) is 6.42 Å². The third kappa shape index (κ3) is 2.34. The first-order chi connectivity index (χ1) is 8.41. The van der Waals surface area contributed by atoms with Crippen LogP contribution in [-0.4, -0.2) is 15.5 Å². The Morgan fingerprint density at radius 2 is 1.94 bits per heavy atom. The van der Waals surface area contributed by atoms with Crippen molar-refractivity contribution in [2.75, 3.05) is 0 Å². The molecule has 18 heavy (non-hydrogen) atoms. The molecule has 3 atom stereocenters. The summed E-state index contributed by atoms with van der Waals surface area (Å²) in [6.45, 7) is 5.71. The van der Waals surface area contributed by atoms with Gasteiger partial charge in [-0.2, -0.15) is 0 Å². The Morgan fingerprint density at radius 3 is 2.56 bits per heavy atom. The van der Waals surface area contributed by atoms with Crippen molar-refractivity contribution in [1.29, 1.82) is 0 Å². The maximum absolute atomic E-state index is 13.9. The molecule has 0 fully saturated rings. The topological polar surface area (TPSA) is 29.1 Å². The van der Waals surface area contributed by atoms with E-state index in [1.807, 2.05) is 13.8 Å². The summed E-state index contributed by atoms with van der Waals surface area (Å²) in [5.74, 6) is -1.06. The molecule has 0 radical (unpaired) electrons. The van der Waals surface area contributed by atoms with Crippen molar-refractivity contribution in [2.24, 2.45) is 0 Å². The molecular weight excluding hydrogens is 256 g/mol. The molecular formula is C13H17F2NOS. The molecule has 1 N–H and O–H groups in total. The summed E-state index contributed by atoms with van der Waals surface area (Å²) in [4.78, 5) is 0.0342. The molecule has 100 valence electrons. The lowest BCUT2D eigenvalue weighted by atomic mass is 9.99. The second-order valence-electron chi connectivity index (χ2n) is 4.99. The molecule has 1 aromatic rings. The van der Waals surface area contributed by atoms with Crippen molar-refractivity contribution in [3.05, 3.63) is 29.3 Å². The van der Waals surface area contributed by atoms with Gasteiger partial charge in [0.05, 0.1) is 15.7 Å². The Labute approximate surface area is 108 Å². The lowest BCUT2D eigenvalue weighted by Gasteiger charge is -2.31. The van der Waals surface area contributed by atoms with E-state index >= 15 is 0 Å². The van der Waals surface area contributed by atoms with Gasteiger partial charge in [-0.05, 0) is 18.6 Å². The zero-order chi connectivity index (χ0) is 13.4. The Balaban J connectivity index is 2.55. The highest BCUT2D eigenvalue weighted by Crippen LogP contribution is 2.37. The minimum Gasteiger partial charge on any atom is -0.308 e. The van der Waals surface area contributed by atoms with Crippen LogP contribution in [0.5, 0.6) is 0 Å². The van der Waals surface area contributed by atoms with Gasteiger partial charge >= 0.3 is 0 Å². The first-order valence-corrected chi connectivity index (χ1v) is 7.27. The summed E-state index contributed by atoms with van der Waals surface area (Å²) in [7, 11) is -1.47. The Bertz CT molecular complexity index is 490. The zero-order valence-electron chi connectivity index (χ0n) is 10.7. The Hall–Kier alpha value is -0.810. The molecule has 0 amide bonds. The third-order valence-corrected chi connectivity index (χ3v) is 4.85. The number of halogens is 2. The molecule has 0 aliphatic carbocycles. The maximum Gasteiger partial charge on any atom is 0.139 e. The van der Waals surface area contributed by atoms with Crippen LogP contribution >= 0.6 is 0 Å². The molecule has 1 aromatic carbocycles.